The van der Waals surface area contributed by atoms with Gasteiger partial charge in [0.05, 0.1) is 14.2 Å². The van der Waals surface area contributed by atoms with Crippen LogP contribution in [-0.4, -0.2) is 34.5 Å². The molecule has 4 heteroatoms. The zero-order chi connectivity index (χ0) is 15.0. The molecule has 0 radical (unpaired) electrons. The molecular formula is C16H27NO3. The summed E-state index contributed by atoms with van der Waals surface area (Å²) in [5, 5.41) is 3.54. The van der Waals surface area contributed by atoms with Gasteiger partial charge in [0.1, 0.15) is 11.5 Å². The summed E-state index contributed by atoms with van der Waals surface area (Å²) in [4.78, 5) is 0. The highest BCUT2D eigenvalue weighted by atomic mass is 16.5. The summed E-state index contributed by atoms with van der Waals surface area (Å²) in [6.07, 6.45) is 1.00. The molecule has 0 aliphatic carbocycles. The van der Waals surface area contributed by atoms with Crippen LogP contribution in [0.3, 0.4) is 0 Å². The summed E-state index contributed by atoms with van der Waals surface area (Å²) in [5.74, 6) is 2.13. The Morgan fingerprint density at radius 2 is 1.90 bits per heavy atom. The third-order valence-electron chi connectivity index (χ3n) is 3.55. The third-order valence-corrected chi connectivity index (χ3v) is 3.55. The van der Waals surface area contributed by atoms with Gasteiger partial charge in [0, 0.05) is 31.4 Å². The van der Waals surface area contributed by atoms with Gasteiger partial charge in [-0.25, -0.2) is 0 Å². The summed E-state index contributed by atoms with van der Waals surface area (Å²) in [6.45, 7) is 6.03. The molecule has 0 aliphatic heterocycles. The first-order chi connectivity index (χ1) is 9.67. The molecule has 1 N–H and O–H groups in total. The maximum absolute atomic E-state index is 5.52. The highest BCUT2D eigenvalue weighted by Crippen LogP contribution is 2.34. The highest BCUT2D eigenvalue weighted by molar-refractivity contribution is 5.42. The zero-order valence-corrected chi connectivity index (χ0v) is 13.2. The fourth-order valence-corrected chi connectivity index (χ4v) is 2.38. The second-order valence-electron chi connectivity index (χ2n) is 4.90. The molecule has 0 saturated heterocycles. The van der Waals surface area contributed by atoms with Gasteiger partial charge in [0.15, 0.2) is 0 Å². The van der Waals surface area contributed by atoms with E-state index in [0.29, 0.717) is 5.92 Å². The van der Waals surface area contributed by atoms with E-state index in [-0.39, 0.29) is 6.04 Å². The maximum Gasteiger partial charge on any atom is 0.127 e. The Labute approximate surface area is 122 Å². The van der Waals surface area contributed by atoms with Crippen molar-refractivity contribution in [3.63, 3.8) is 0 Å². The van der Waals surface area contributed by atoms with Gasteiger partial charge in [-0.15, -0.1) is 0 Å². The monoisotopic (exact) mass is 281 g/mol. The van der Waals surface area contributed by atoms with Crippen molar-refractivity contribution in [2.75, 3.05) is 34.5 Å². The Morgan fingerprint density at radius 1 is 1.15 bits per heavy atom. The largest absolute Gasteiger partial charge is 0.497 e. The molecule has 20 heavy (non-hydrogen) atoms. The van der Waals surface area contributed by atoms with Crippen LogP contribution in [0.2, 0.25) is 0 Å². The zero-order valence-electron chi connectivity index (χ0n) is 13.2. The summed E-state index contributed by atoms with van der Waals surface area (Å²) in [6, 6.07) is 6.23. The van der Waals surface area contributed by atoms with E-state index in [4.69, 9.17) is 14.2 Å². The smallest absolute Gasteiger partial charge is 0.127 e. The lowest BCUT2D eigenvalue weighted by Gasteiger charge is -2.27. The van der Waals surface area contributed by atoms with Crippen LogP contribution in [-0.2, 0) is 4.74 Å². The highest BCUT2D eigenvalue weighted by Gasteiger charge is 2.22. The first kappa shape index (κ1) is 16.8. The molecule has 2 unspecified atom stereocenters. The maximum atomic E-state index is 5.52. The van der Waals surface area contributed by atoms with E-state index in [1.54, 1.807) is 21.3 Å². The second-order valence-corrected chi connectivity index (χ2v) is 4.90. The quantitative estimate of drug-likeness (QED) is 0.755. The average Bonchev–Trinajstić information content (AvgIpc) is 2.49. The summed E-state index contributed by atoms with van der Waals surface area (Å²) in [7, 11) is 5.10. The van der Waals surface area contributed by atoms with Crippen molar-refractivity contribution in [2.45, 2.75) is 26.3 Å². The molecule has 0 heterocycles. The average molecular weight is 281 g/mol. The van der Waals surface area contributed by atoms with Crippen molar-refractivity contribution in [1.29, 1.82) is 0 Å². The first-order valence-electron chi connectivity index (χ1n) is 7.12. The second kappa shape index (κ2) is 8.82. The van der Waals surface area contributed by atoms with Gasteiger partial charge in [-0.2, -0.15) is 0 Å². The molecule has 0 aromatic heterocycles. The van der Waals surface area contributed by atoms with Crippen molar-refractivity contribution in [2.24, 2.45) is 5.92 Å². The lowest BCUT2D eigenvalue weighted by Crippen LogP contribution is -2.28. The van der Waals surface area contributed by atoms with Crippen LogP contribution in [0.4, 0.5) is 0 Å². The van der Waals surface area contributed by atoms with Gasteiger partial charge in [-0.1, -0.05) is 19.9 Å². The van der Waals surface area contributed by atoms with Gasteiger partial charge in [-0.05, 0) is 24.9 Å². The van der Waals surface area contributed by atoms with Gasteiger partial charge < -0.3 is 19.5 Å². The molecule has 114 valence electrons. The molecule has 0 spiro atoms. The molecule has 1 rings (SSSR count). The van der Waals surface area contributed by atoms with Crippen LogP contribution in [0.5, 0.6) is 11.5 Å². The van der Waals surface area contributed by atoms with Crippen molar-refractivity contribution in [3.8, 4) is 11.5 Å². The Kier molecular flexibility index (Phi) is 7.41. The van der Waals surface area contributed by atoms with Crippen molar-refractivity contribution >= 4 is 0 Å². The van der Waals surface area contributed by atoms with E-state index in [2.05, 4.69) is 25.2 Å². The number of rotatable bonds is 9. The summed E-state index contributed by atoms with van der Waals surface area (Å²) in [5.41, 5.74) is 1.17. The Hall–Kier alpha value is -1.26. The van der Waals surface area contributed by atoms with Gasteiger partial charge in [-0.3, -0.25) is 0 Å². The lowest BCUT2D eigenvalue weighted by molar-refractivity contribution is 0.170. The molecule has 1 aromatic rings. The predicted octanol–water partition coefficient (Wildman–Crippen LogP) is 3.03. The minimum absolute atomic E-state index is 0.246. The summed E-state index contributed by atoms with van der Waals surface area (Å²) >= 11 is 0. The lowest BCUT2D eigenvalue weighted by atomic mass is 9.91. The van der Waals surface area contributed by atoms with Crippen LogP contribution < -0.4 is 14.8 Å². The van der Waals surface area contributed by atoms with Crippen molar-refractivity contribution < 1.29 is 14.2 Å². The molecule has 2 atom stereocenters. The fourth-order valence-electron chi connectivity index (χ4n) is 2.38. The minimum Gasteiger partial charge on any atom is -0.497 e. The van der Waals surface area contributed by atoms with Crippen molar-refractivity contribution in [1.82, 2.24) is 5.32 Å². The molecule has 0 fully saturated rings. The van der Waals surface area contributed by atoms with Gasteiger partial charge >= 0.3 is 0 Å². The Balaban J connectivity index is 3.00. The fraction of sp³-hybridized carbons (Fsp3) is 0.625. The molecule has 0 bridgehead atoms. The third kappa shape index (κ3) is 4.39. The normalized spacial score (nSPS) is 13.8. The molecule has 1 aromatic carbocycles. The molecule has 0 aliphatic rings. The van der Waals surface area contributed by atoms with Crippen LogP contribution in [0.15, 0.2) is 18.2 Å². The number of benzene rings is 1. The van der Waals surface area contributed by atoms with E-state index in [9.17, 15) is 0 Å². The summed E-state index contributed by atoms with van der Waals surface area (Å²) < 4.78 is 16.0. The topological polar surface area (TPSA) is 39.7 Å². The number of ether oxygens (including phenoxy) is 3. The van der Waals surface area contributed by atoms with Crippen LogP contribution >= 0.6 is 0 Å². The van der Waals surface area contributed by atoms with Crippen LogP contribution in [0.25, 0.3) is 0 Å². The predicted molar refractivity (Wildman–Crippen MR) is 81.6 cm³/mol. The number of methoxy groups -OCH3 is 3. The standard InChI is InChI=1S/C16H27NO3/c1-6-17-16(12(2)9-10-18-3)14-8-7-13(19-4)11-15(14)20-5/h7-8,11-12,16-17H,6,9-10H2,1-5H3. The minimum atomic E-state index is 0.246. The van der Waals surface area contributed by atoms with Crippen molar-refractivity contribution in [3.05, 3.63) is 23.8 Å². The molecule has 0 saturated carbocycles. The first-order valence-corrected chi connectivity index (χ1v) is 7.12. The number of hydrogen-bond donors (Lipinski definition) is 1. The SMILES string of the molecule is CCNC(c1ccc(OC)cc1OC)C(C)CCOC. The van der Waals surface area contributed by atoms with E-state index in [0.717, 1.165) is 31.1 Å². The van der Waals surface area contributed by atoms with Gasteiger partial charge in [0.2, 0.25) is 0 Å². The molecule has 0 amide bonds. The number of hydrogen-bond acceptors (Lipinski definition) is 4. The molecular weight excluding hydrogens is 254 g/mol. The number of nitrogens with one attached hydrogen (secondary N) is 1. The van der Waals surface area contributed by atoms with E-state index in [1.807, 2.05) is 12.1 Å². The van der Waals surface area contributed by atoms with E-state index in [1.165, 1.54) is 5.56 Å². The van der Waals surface area contributed by atoms with Gasteiger partial charge in [0.25, 0.3) is 0 Å². The Bertz CT molecular complexity index is 395. The van der Waals surface area contributed by atoms with Crippen LogP contribution in [0, 0.1) is 5.92 Å². The van der Waals surface area contributed by atoms with Crippen LogP contribution in [0.1, 0.15) is 31.9 Å². The Morgan fingerprint density at radius 3 is 2.45 bits per heavy atom. The molecule has 4 nitrogen and oxygen atoms in total. The van der Waals surface area contributed by atoms with E-state index < -0.39 is 0 Å². The van der Waals surface area contributed by atoms with E-state index >= 15 is 0 Å².